The van der Waals surface area contributed by atoms with Crippen molar-refractivity contribution < 1.29 is 13.2 Å². The topological polar surface area (TPSA) is 76.1 Å². The Morgan fingerprint density at radius 2 is 1.80 bits per heavy atom. The van der Waals surface area contributed by atoms with Crippen LogP contribution in [0.2, 0.25) is 0 Å². The second-order valence-corrected chi connectivity index (χ2v) is 10.2. The highest BCUT2D eigenvalue weighted by atomic mass is 32.2. The summed E-state index contributed by atoms with van der Waals surface area (Å²) in [6, 6.07) is 17.4. The van der Waals surface area contributed by atoms with E-state index in [4.69, 9.17) is 4.98 Å². The molecule has 30 heavy (non-hydrogen) atoms. The average molecular weight is 419 g/mol. The van der Waals surface area contributed by atoms with Crippen LogP contribution in [0.3, 0.4) is 0 Å². The molecule has 0 saturated carbocycles. The Labute approximate surface area is 175 Å². The Bertz CT molecular complexity index is 1280. The molecule has 1 unspecified atom stereocenters. The van der Waals surface area contributed by atoms with Crippen LogP contribution in [0.4, 0.5) is 0 Å². The maximum Gasteiger partial charge on any atom is 0.252 e. The van der Waals surface area contributed by atoms with Gasteiger partial charge in [-0.15, -0.1) is 0 Å². The van der Waals surface area contributed by atoms with Crippen LogP contribution in [0.15, 0.2) is 54.6 Å². The lowest BCUT2D eigenvalue weighted by atomic mass is 9.99. The Balaban J connectivity index is 1.59. The number of nitrogens with one attached hydrogen (secondary N) is 1. The minimum atomic E-state index is -3.06. The van der Waals surface area contributed by atoms with Crippen molar-refractivity contribution in [3.05, 3.63) is 77.0 Å². The number of para-hydroxylation sites is 1. The molecule has 6 heteroatoms. The first-order chi connectivity index (χ1) is 14.5. The molecule has 1 aliphatic carbocycles. The molecule has 0 radical (unpaired) electrons. The van der Waals surface area contributed by atoms with Crippen LogP contribution in [-0.2, 0) is 16.3 Å². The van der Waals surface area contributed by atoms with Gasteiger partial charge in [-0.1, -0.05) is 48.5 Å². The van der Waals surface area contributed by atoms with Gasteiger partial charge < -0.3 is 5.32 Å². The molecular formula is C24H22N2O3S. The number of pyridine rings is 1. The molecule has 0 bridgehead atoms. The van der Waals surface area contributed by atoms with Gasteiger partial charge in [0.1, 0.15) is 0 Å². The van der Waals surface area contributed by atoms with Gasteiger partial charge in [-0.25, -0.2) is 13.4 Å². The summed E-state index contributed by atoms with van der Waals surface area (Å²) in [6.07, 6.45) is 4.18. The molecule has 5 nitrogen and oxygen atoms in total. The van der Waals surface area contributed by atoms with Crippen LogP contribution in [0.5, 0.6) is 0 Å². The normalized spacial score (nSPS) is 21.1. The van der Waals surface area contributed by atoms with E-state index in [0.717, 1.165) is 46.1 Å². The van der Waals surface area contributed by atoms with Crippen LogP contribution in [0, 0.1) is 0 Å². The second-order valence-electron chi connectivity index (χ2n) is 7.98. The van der Waals surface area contributed by atoms with Gasteiger partial charge >= 0.3 is 0 Å². The molecule has 0 spiro atoms. The summed E-state index contributed by atoms with van der Waals surface area (Å²) in [6.45, 7) is 0. The van der Waals surface area contributed by atoms with Crippen molar-refractivity contribution in [3.8, 4) is 0 Å². The number of carbonyl (C=O) groups is 1. The van der Waals surface area contributed by atoms with Crippen molar-refractivity contribution in [2.24, 2.45) is 0 Å². The minimum Gasteiger partial charge on any atom is -0.348 e. The van der Waals surface area contributed by atoms with Gasteiger partial charge in [0.05, 0.1) is 28.3 Å². The fourth-order valence-corrected chi connectivity index (χ4v) is 6.13. The molecule has 1 fully saturated rings. The third-order valence-corrected chi connectivity index (χ3v) is 7.64. The quantitative estimate of drug-likeness (QED) is 0.705. The van der Waals surface area contributed by atoms with Crippen molar-refractivity contribution in [2.45, 2.75) is 25.3 Å². The highest BCUT2D eigenvalue weighted by Gasteiger charge is 2.32. The lowest BCUT2D eigenvalue weighted by molar-refractivity contribution is 0.0942. The Morgan fingerprint density at radius 3 is 2.57 bits per heavy atom. The molecule has 2 aliphatic rings. The van der Waals surface area contributed by atoms with E-state index < -0.39 is 9.84 Å². The number of benzene rings is 2. The summed E-state index contributed by atoms with van der Waals surface area (Å²) >= 11 is 0. The predicted molar refractivity (Wildman–Crippen MR) is 119 cm³/mol. The van der Waals surface area contributed by atoms with E-state index in [1.54, 1.807) is 0 Å². The monoisotopic (exact) mass is 418 g/mol. The van der Waals surface area contributed by atoms with E-state index in [2.05, 4.69) is 23.5 Å². The van der Waals surface area contributed by atoms with Crippen LogP contribution >= 0.6 is 0 Å². The molecule has 2 heterocycles. The summed E-state index contributed by atoms with van der Waals surface area (Å²) in [5, 5.41) is 3.79. The minimum absolute atomic E-state index is 0.0170. The van der Waals surface area contributed by atoms with Crippen molar-refractivity contribution in [3.63, 3.8) is 0 Å². The Morgan fingerprint density at radius 1 is 1.03 bits per heavy atom. The number of carbonyl (C=O) groups excluding carboxylic acids is 1. The first kappa shape index (κ1) is 19.0. The van der Waals surface area contributed by atoms with Gasteiger partial charge in [0.2, 0.25) is 0 Å². The lowest BCUT2D eigenvalue weighted by Crippen LogP contribution is -2.36. The maximum atomic E-state index is 13.3. The molecule has 1 atom stereocenters. The fourth-order valence-electron chi connectivity index (χ4n) is 4.46. The van der Waals surface area contributed by atoms with E-state index in [9.17, 15) is 13.2 Å². The third kappa shape index (κ3) is 3.52. The van der Waals surface area contributed by atoms with E-state index in [0.29, 0.717) is 12.0 Å². The molecule has 1 aliphatic heterocycles. The maximum absolute atomic E-state index is 13.3. The zero-order chi connectivity index (χ0) is 20.7. The lowest BCUT2D eigenvalue weighted by Gasteiger charge is -2.15. The first-order valence-electron chi connectivity index (χ1n) is 10.2. The zero-order valence-electron chi connectivity index (χ0n) is 16.5. The van der Waals surface area contributed by atoms with Crippen LogP contribution in [0.25, 0.3) is 22.6 Å². The molecule has 3 aromatic rings. The SMILES string of the molecule is O=C(NC1CCS(=O)(=O)C1)c1c2c(nc3ccccc13)/C(=C/c1ccccc1)CC2. The third-order valence-electron chi connectivity index (χ3n) is 5.88. The summed E-state index contributed by atoms with van der Waals surface area (Å²) in [4.78, 5) is 18.2. The summed E-state index contributed by atoms with van der Waals surface area (Å²) in [7, 11) is -3.06. The second kappa shape index (κ2) is 7.36. The van der Waals surface area contributed by atoms with Gasteiger partial charge in [-0.2, -0.15) is 0 Å². The van der Waals surface area contributed by atoms with Gasteiger partial charge in [0.15, 0.2) is 9.84 Å². The number of fused-ring (bicyclic) bond motifs is 2. The van der Waals surface area contributed by atoms with Gasteiger partial charge in [-0.05, 0) is 48.1 Å². The first-order valence-corrected chi connectivity index (χ1v) is 12.0. The summed E-state index contributed by atoms with van der Waals surface area (Å²) in [5.74, 6) is -0.0480. The molecule has 1 saturated heterocycles. The van der Waals surface area contributed by atoms with Crippen molar-refractivity contribution in [2.75, 3.05) is 11.5 Å². The van der Waals surface area contributed by atoms with Crippen LogP contribution in [-0.4, -0.2) is 36.9 Å². The molecule has 152 valence electrons. The average Bonchev–Trinajstić information content (AvgIpc) is 3.29. The molecule has 2 aromatic carbocycles. The van der Waals surface area contributed by atoms with Crippen molar-refractivity contribution in [1.29, 1.82) is 0 Å². The number of nitrogens with zero attached hydrogens (tertiary/aromatic N) is 1. The highest BCUT2D eigenvalue weighted by molar-refractivity contribution is 7.91. The number of aromatic nitrogens is 1. The molecule has 1 amide bonds. The van der Waals surface area contributed by atoms with Crippen molar-refractivity contribution >= 4 is 38.3 Å². The standard InChI is InChI=1S/C24H22N2O3S/c27-24(25-18-12-13-30(28,29)15-18)22-19-8-4-5-9-21(19)26-23-17(10-11-20(22)23)14-16-6-2-1-3-7-16/h1-9,14,18H,10-13,15H2,(H,25,27)/b17-14+. The van der Waals surface area contributed by atoms with Crippen LogP contribution < -0.4 is 5.32 Å². The Hall–Kier alpha value is -2.99. The molecular weight excluding hydrogens is 396 g/mol. The zero-order valence-corrected chi connectivity index (χ0v) is 17.3. The predicted octanol–water partition coefficient (Wildman–Crippen LogP) is 3.64. The summed E-state index contributed by atoms with van der Waals surface area (Å²) < 4.78 is 23.6. The van der Waals surface area contributed by atoms with E-state index in [-0.39, 0.29) is 23.5 Å². The number of hydrogen-bond acceptors (Lipinski definition) is 4. The largest absolute Gasteiger partial charge is 0.348 e. The summed E-state index contributed by atoms with van der Waals surface area (Å²) in [5.41, 5.74) is 5.48. The van der Waals surface area contributed by atoms with Crippen molar-refractivity contribution in [1.82, 2.24) is 10.3 Å². The fraction of sp³-hybridized carbons (Fsp3) is 0.250. The van der Waals surface area contributed by atoms with E-state index >= 15 is 0 Å². The van der Waals surface area contributed by atoms with Gasteiger partial charge in [0.25, 0.3) is 5.91 Å². The molecule has 5 rings (SSSR count). The number of hydrogen-bond donors (Lipinski definition) is 1. The highest BCUT2D eigenvalue weighted by Crippen LogP contribution is 2.37. The van der Waals surface area contributed by atoms with Gasteiger partial charge in [0, 0.05) is 11.4 Å². The number of sulfone groups is 1. The number of amides is 1. The van der Waals surface area contributed by atoms with Crippen LogP contribution in [0.1, 0.15) is 40.0 Å². The van der Waals surface area contributed by atoms with E-state index in [1.165, 1.54) is 0 Å². The van der Waals surface area contributed by atoms with Gasteiger partial charge in [-0.3, -0.25) is 4.79 Å². The number of allylic oxidation sites excluding steroid dienone is 1. The van der Waals surface area contributed by atoms with E-state index in [1.807, 2.05) is 42.5 Å². The Kier molecular flexibility index (Phi) is 4.66. The number of rotatable bonds is 3. The molecule has 1 aromatic heterocycles. The smallest absolute Gasteiger partial charge is 0.252 e. The molecule has 1 N–H and O–H groups in total.